The fourth-order valence-corrected chi connectivity index (χ4v) is 3.97. The van der Waals surface area contributed by atoms with Crippen molar-refractivity contribution in [1.82, 2.24) is 15.5 Å². The van der Waals surface area contributed by atoms with Gasteiger partial charge in [-0.05, 0) is 37.5 Å². The number of carbonyl (C=O) groups is 1. The highest BCUT2D eigenvalue weighted by Gasteiger charge is 2.69. The lowest BCUT2D eigenvalue weighted by atomic mass is 9.74. The summed E-state index contributed by atoms with van der Waals surface area (Å²) in [7, 11) is 0. The number of aryl methyl sites for hydroxylation is 1. The molecule has 0 unspecified atom stereocenters. The summed E-state index contributed by atoms with van der Waals surface area (Å²) in [6.07, 6.45) is 4.06. The van der Waals surface area contributed by atoms with Crippen LogP contribution in [0.2, 0.25) is 0 Å². The molecule has 0 aliphatic heterocycles. The predicted octanol–water partition coefficient (Wildman–Crippen LogP) is 1.79. The van der Waals surface area contributed by atoms with Crippen LogP contribution >= 0.6 is 0 Å². The number of nitrogens with zero attached hydrogens (tertiary/aromatic N) is 2. The number of fused-ring (bicyclic) bond motifs is 1. The van der Waals surface area contributed by atoms with Gasteiger partial charge >= 0.3 is 0 Å². The van der Waals surface area contributed by atoms with Crippen LogP contribution in [-0.4, -0.2) is 22.1 Å². The van der Waals surface area contributed by atoms with Gasteiger partial charge in [0.25, 0.3) is 0 Å². The molecule has 1 amide bonds. The summed E-state index contributed by atoms with van der Waals surface area (Å²) < 4.78 is 5.43. The Morgan fingerprint density at radius 3 is 2.68 bits per heavy atom. The summed E-state index contributed by atoms with van der Waals surface area (Å²) in [4.78, 5) is 12.2. The van der Waals surface area contributed by atoms with E-state index in [2.05, 4.69) is 22.4 Å². The maximum atomic E-state index is 12.2. The van der Waals surface area contributed by atoms with E-state index in [1.165, 1.54) is 0 Å². The Labute approximate surface area is 112 Å². The van der Waals surface area contributed by atoms with Gasteiger partial charge in [0.1, 0.15) is 0 Å². The lowest BCUT2D eigenvalue weighted by Crippen LogP contribution is -2.49. The molecule has 1 aromatic rings. The highest BCUT2D eigenvalue weighted by Crippen LogP contribution is 2.70. The van der Waals surface area contributed by atoms with Gasteiger partial charge in [0.15, 0.2) is 0 Å². The summed E-state index contributed by atoms with van der Waals surface area (Å²) in [6, 6.07) is 0.302. The summed E-state index contributed by atoms with van der Waals surface area (Å²) in [5, 5.41) is 11.1. The van der Waals surface area contributed by atoms with Crippen molar-refractivity contribution in [1.29, 1.82) is 0 Å². The zero-order valence-electron chi connectivity index (χ0n) is 11.3. The first kappa shape index (κ1) is 11.4. The molecular weight excluding hydrogens is 242 g/mol. The zero-order valence-corrected chi connectivity index (χ0v) is 11.3. The summed E-state index contributed by atoms with van der Waals surface area (Å²) in [6.45, 7) is 4.05. The lowest BCUT2D eigenvalue weighted by Gasteiger charge is -2.37. The summed E-state index contributed by atoms with van der Waals surface area (Å²) in [5.74, 6) is 3.39. The largest absolute Gasteiger partial charge is 0.425 e. The number of carbonyl (C=O) groups excluding carboxylic acids is 1. The second-order valence-corrected chi connectivity index (χ2v) is 6.65. The van der Waals surface area contributed by atoms with Crippen LogP contribution in [0.5, 0.6) is 0 Å². The van der Waals surface area contributed by atoms with Crippen LogP contribution in [0.1, 0.15) is 50.3 Å². The molecule has 3 aliphatic carbocycles. The van der Waals surface area contributed by atoms with Crippen LogP contribution in [0, 0.1) is 24.2 Å². The molecule has 0 spiro atoms. The Kier molecular flexibility index (Phi) is 2.16. The van der Waals surface area contributed by atoms with Crippen LogP contribution < -0.4 is 5.32 Å². The van der Waals surface area contributed by atoms with Crippen LogP contribution in [0.4, 0.5) is 0 Å². The SMILES string of the molecule is Cc1nnc(C2CC(NC(=O)[C@]34C[C@@H](C)[C@H]3C4)C2)o1. The Morgan fingerprint density at radius 1 is 1.37 bits per heavy atom. The molecule has 4 rings (SSSR count). The Bertz CT molecular complexity index is 535. The average molecular weight is 261 g/mol. The smallest absolute Gasteiger partial charge is 0.226 e. The summed E-state index contributed by atoms with van der Waals surface area (Å²) in [5.41, 5.74) is 0.0333. The number of aromatic nitrogens is 2. The number of nitrogens with one attached hydrogen (secondary N) is 1. The quantitative estimate of drug-likeness (QED) is 0.900. The minimum Gasteiger partial charge on any atom is -0.425 e. The van der Waals surface area contributed by atoms with Crippen molar-refractivity contribution in [3.8, 4) is 0 Å². The average Bonchev–Trinajstić information content (AvgIpc) is 2.74. The first-order valence-electron chi connectivity index (χ1n) is 7.19. The van der Waals surface area contributed by atoms with Gasteiger partial charge in [-0.25, -0.2) is 0 Å². The van der Waals surface area contributed by atoms with Gasteiger partial charge in [0.2, 0.25) is 17.7 Å². The van der Waals surface area contributed by atoms with Crippen LogP contribution in [0.25, 0.3) is 0 Å². The van der Waals surface area contributed by atoms with Crippen molar-refractivity contribution >= 4 is 5.91 Å². The number of hydrogen-bond donors (Lipinski definition) is 1. The molecular formula is C14H19N3O2. The van der Waals surface area contributed by atoms with Gasteiger partial charge < -0.3 is 9.73 Å². The summed E-state index contributed by atoms with van der Waals surface area (Å²) >= 11 is 0. The van der Waals surface area contributed by atoms with Crippen molar-refractivity contribution in [3.05, 3.63) is 11.8 Å². The maximum Gasteiger partial charge on any atom is 0.226 e. The molecule has 3 aliphatic rings. The van der Waals surface area contributed by atoms with E-state index in [0.717, 1.165) is 37.5 Å². The topological polar surface area (TPSA) is 68.0 Å². The molecule has 102 valence electrons. The number of rotatable bonds is 3. The van der Waals surface area contributed by atoms with Crippen molar-refractivity contribution < 1.29 is 9.21 Å². The van der Waals surface area contributed by atoms with Gasteiger partial charge in [-0.2, -0.15) is 0 Å². The molecule has 19 heavy (non-hydrogen) atoms. The van der Waals surface area contributed by atoms with E-state index >= 15 is 0 Å². The van der Waals surface area contributed by atoms with Crippen LogP contribution in [0.3, 0.4) is 0 Å². The van der Waals surface area contributed by atoms with Crippen LogP contribution in [-0.2, 0) is 4.79 Å². The van der Waals surface area contributed by atoms with Crippen molar-refractivity contribution in [2.45, 2.75) is 51.5 Å². The highest BCUT2D eigenvalue weighted by molar-refractivity contribution is 5.87. The standard InChI is InChI=1S/C14H19N3O2/c1-7-5-14(6-11(7)14)13(18)15-10-3-9(4-10)12-17-16-8(2)19-12/h7,9-11H,3-6H2,1-2H3,(H,15,18)/t7-,9?,10?,11-,14+/m1/s1. The van der Waals surface area contributed by atoms with Gasteiger partial charge in [0, 0.05) is 18.9 Å². The fourth-order valence-electron chi connectivity index (χ4n) is 3.97. The third-order valence-corrected chi connectivity index (χ3v) is 5.32. The van der Waals surface area contributed by atoms with Crippen molar-refractivity contribution in [2.75, 3.05) is 0 Å². The molecule has 3 fully saturated rings. The molecule has 1 N–H and O–H groups in total. The zero-order chi connectivity index (χ0) is 13.2. The van der Waals surface area contributed by atoms with Crippen molar-refractivity contribution in [2.24, 2.45) is 17.3 Å². The lowest BCUT2D eigenvalue weighted by molar-refractivity contribution is -0.132. The van der Waals surface area contributed by atoms with E-state index in [4.69, 9.17) is 4.42 Å². The van der Waals surface area contributed by atoms with Gasteiger partial charge in [-0.15, -0.1) is 10.2 Å². The minimum absolute atomic E-state index is 0.0333. The normalized spacial score (nSPS) is 42.8. The van der Waals surface area contributed by atoms with E-state index in [-0.39, 0.29) is 5.41 Å². The second kappa shape index (κ2) is 3.58. The van der Waals surface area contributed by atoms with Gasteiger partial charge in [-0.3, -0.25) is 4.79 Å². The monoisotopic (exact) mass is 261 g/mol. The van der Waals surface area contributed by atoms with Crippen molar-refractivity contribution in [3.63, 3.8) is 0 Å². The Hall–Kier alpha value is -1.39. The molecule has 0 radical (unpaired) electrons. The van der Waals surface area contributed by atoms with Gasteiger partial charge in [0.05, 0.1) is 5.41 Å². The third kappa shape index (κ3) is 1.56. The van der Waals surface area contributed by atoms with E-state index < -0.39 is 0 Å². The highest BCUT2D eigenvalue weighted by atomic mass is 16.4. The number of amides is 1. The maximum absolute atomic E-state index is 12.2. The Morgan fingerprint density at radius 2 is 2.16 bits per heavy atom. The van der Waals surface area contributed by atoms with E-state index in [9.17, 15) is 4.79 Å². The predicted molar refractivity (Wildman–Crippen MR) is 67.3 cm³/mol. The van der Waals surface area contributed by atoms with Gasteiger partial charge in [-0.1, -0.05) is 6.92 Å². The van der Waals surface area contributed by atoms with E-state index in [0.29, 0.717) is 29.7 Å². The third-order valence-electron chi connectivity index (χ3n) is 5.32. The molecule has 1 aromatic heterocycles. The fraction of sp³-hybridized carbons (Fsp3) is 0.786. The molecule has 0 saturated heterocycles. The molecule has 3 atom stereocenters. The minimum atomic E-state index is 0.0333. The molecule has 5 heteroatoms. The second-order valence-electron chi connectivity index (χ2n) is 6.65. The Balaban J connectivity index is 1.29. The van der Waals surface area contributed by atoms with Crippen LogP contribution in [0.15, 0.2) is 4.42 Å². The van der Waals surface area contributed by atoms with E-state index in [1.54, 1.807) is 6.92 Å². The first-order valence-corrected chi connectivity index (χ1v) is 7.19. The number of hydrogen-bond acceptors (Lipinski definition) is 4. The molecule has 3 saturated carbocycles. The molecule has 5 nitrogen and oxygen atoms in total. The first-order chi connectivity index (χ1) is 9.08. The molecule has 0 bridgehead atoms. The van der Waals surface area contributed by atoms with E-state index in [1.807, 2.05) is 0 Å². The molecule has 1 heterocycles. The molecule has 0 aromatic carbocycles.